The zero-order valence-corrected chi connectivity index (χ0v) is 10.00. The maximum Gasteiger partial charge on any atom is 0.0571 e. The second kappa shape index (κ2) is 6.17. The average molecular weight is 219 g/mol. The van der Waals surface area contributed by atoms with Gasteiger partial charge >= 0.3 is 0 Å². The quantitative estimate of drug-likeness (QED) is 0.706. The van der Waals surface area contributed by atoms with Gasteiger partial charge in [-0.1, -0.05) is 31.5 Å². The van der Waals surface area contributed by atoms with Gasteiger partial charge in [0, 0.05) is 6.26 Å². The lowest BCUT2D eigenvalue weighted by Gasteiger charge is -1.99. The topological polar surface area (TPSA) is 17.1 Å². The lowest BCUT2D eigenvalue weighted by atomic mass is 10.2. The summed E-state index contributed by atoms with van der Waals surface area (Å²) >= 11 is 5.83. The highest BCUT2D eigenvalue weighted by molar-refractivity contribution is 7.84. The van der Waals surface area contributed by atoms with Crippen molar-refractivity contribution >= 4 is 22.4 Å². The lowest BCUT2D eigenvalue weighted by molar-refractivity contribution is 0.687. The van der Waals surface area contributed by atoms with Gasteiger partial charge < -0.3 is 0 Å². The Morgan fingerprint density at radius 1 is 1.31 bits per heavy atom. The Morgan fingerprint density at radius 3 is 2.23 bits per heavy atom. The molecule has 0 aliphatic heterocycles. The van der Waals surface area contributed by atoms with Gasteiger partial charge in [0.15, 0.2) is 0 Å². The molecule has 0 N–H and O–H groups in total. The minimum absolute atomic E-state index is 0.589. The molecule has 3 heteroatoms. The molecule has 0 spiro atoms. The predicted octanol–water partition coefficient (Wildman–Crippen LogP) is 3.41. The Bertz CT molecular complexity index is 297. The van der Waals surface area contributed by atoms with Crippen molar-refractivity contribution in [2.24, 2.45) is 0 Å². The van der Waals surface area contributed by atoms with E-state index in [-0.39, 0.29) is 0 Å². The maximum absolute atomic E-state index is 11.0. The molecule has 1 unspecified atom stereocenters. The first-order valence-electron chi connectivity index (χ1n) is 4.21. The number of halogens is 1. The summed E-state index contributed by atoms with van der Waals surface area (Å²) in [6.45, 7) is 5.95. The molecule has 0 heterocycles. The summed E-state index contributed by atoms with van der Waals surface area (Å²) in [6, 6.07) is 5.52. The molecule has 0 saturated heterocycles. The first kappa shape index (κ1) is 12.7. The van der Waals surface area contributed by atoms with Crippen LogP contribution in [0.3, 0.4) is 0 Å². The molecule has 0 amide bonds. The largest absolute Gasteiger partial charge is 0.255 e. The molecular formula is C10H15ClOS. The highest BCUT2D eigenvalue weighted by Gasteiger charge is 2.02. The molecule has 0 bridgehead atoms. The van der Waals surface area contributed by atoms with Crippen molar-refractivity contribution < 1.29 is 4.21 Å². The van der Waals surface area contributed by atoms with E-state index in [2.05, 4.69) is 0 Å². The van der Waals surface area contributed by atoms with E-state index in [0.29, 0.717) is 9.92 Å². The van der Waals surface area contributed by atoms with Crippen LogP contribution in [0.4, 0.5) is 0 Å². The first-order chi connectivity index (χ1) is 6.11. The summed E-state index contributed by atoms with van der Waals surface area (Å²) in [4.78, 5) is 0.706. The van der Waals surface area contributed by atoms with Gasteiger partial charge in [0.1, 0.15) is 0 Å². The molecule has 0 aromatic heterocycles. The molecule has 0 saturated carbocycles. The van der Waals surface area contributed by atoms with Crippen LogP contribution >= 0.6 is 11.6 Å². The van der Waals surface area contributed by atoms with E-state index in [0.717, 1.165) is 5.56 Å². The zero-order chi connectivity index (χ0) is 10.4. The highest BCUT2D eigenvalue weighted by Crippen LogP contribution is 2.19. The van der Waals surface area contributed by atoms with E-state index in [4.69, 9.17) is 11.6 Å². The van der Waals surface area contributed by atoms with Gasteiger partial charge in [0.2, 0.25) is 0 Å². The fraction of sp³-hybridized carbons (Fsp3) is 0.400. The van der Waals surface area contributed by atoms with Gasteiger partial charge in [-0.2, -0.15) is 0 Å². The third-order valence-corrected chi connectivity index (χ3v) is 2.80. The molecule has 1 atom stereocenters. The van der Waals surface area contributed by atoms with Crippen LogP contribution in [-0.2, 0) is 10.8 Å². The molecule has 0 aliphatic carbocycles. The summed E-state index contributed by atoms with van der Waals surface area (Å²) in [6.07, 6.45) is 1.62. The number of aryl methyl sites for hydroxylation is 1. The maximum atomic E-state index is 11.0. The Hall–Kier alpha value is -0.340. The van der Waals surface area contributed by atoms with Crippen LogP contribution in [0.15, 0.2) is 23.1 Å². The van der Waals surface area contributed by atoms with Crippen LogP contribution in [0, 0.1) is 6.92 Å². The van der Waals surface area contributed by atoms with Crippen molar-refractivity contribution in [3.8, 4) is 0 Å². The van der Waals surface area contributed by atoms with E-state index in [9.17, 15) is 4.21 Å². The van der Waals surface area contributed by atoms with E-state index in [1.165, 1.54) is 0 Å². The average Bonchev–Trinajstić information content (AvgIpc) is 2.07. The molecule has 74 valence electrons. The molecule has 0 radical (unpaired) electrons. The van der Waals surface area contributed by atoms with Crippen molar-refractivity contribution in [2.45, 2.75) is 25.7 Å². The fourth-order valence-corrected chi connectivity index (χ4v) is 1.99. The van der Waals surface area contributed by atoms with E-state index >= 15 is 0 Å². The van der Waals surface area contributed by atoms with Crippen molar-refractivity contribution in [1.29, 1.82) is 0 Å². The summed E-state index contributed by atoms with van der Waals surface area (Å²) in [5.74, 6) is 0. The van der Waals surface area contributed by atoms with Crippen LogP contribution in [0.25, 0.3) is 0 Å². The van der Waals surface area contributed by atoms with Gasteiger partial charge in [-0.3, -0.25) is 4.21 Å². The van der Waals surface area contributed by atoms with E-state index in [1.807, 2.05) is 32.9 Å². The standard InChI is InChI=1S/C8H9ClOS.C2H6/c1-6-3-4-8(11(2)10)7(9)5-6;1-2/h3-5H,1-2H3;1-2H3. The summed E-state index contributed by atoms with van der Waals surface area (Å²) < 4.78 is 11.0. The Morgan fingerprint density at radius 2 is 1.85 bits per heavy atom. The minimum atomic E-state index is -0.981. The molecule has 1 rings (SSSR count). The second-order valence-corrected chi connectivity index (χ2v) is 4.14. The first-order valence-corrected chi connectivity index (χ1v) is 6.14. The SMILES string of the molecule is CC.Cc1ccc(S(C)=O)c(Cl)c1. The Balaban J connectivity index is 0.000000671. The van der Waals surface area contributed by atoms with Crippen molar-refractivity contribution in [1.82, 2.24) is 0 Å². The highest BCUT2D eigenvalue weighted by atomic mass is 35.5. The van der Waals surface area contributed by atoms with E-state index < -0.39 is 10.8 Å². The van der Waals surface area contributed by atoms with Gasteiger partial charge in [-0.05, 0) is 24.6 Å². The molecular weight excluding hydrogens is 204 g/mol. The zero-order valence-electron chi connectivity index (χ0n) is 8.43. The second-order valence-electron chi connectivity index (χ2n) is 2.39. The van der Waals surface area contributed by atoms with Crippen molar-refractivity contribution in [3.05, 3.63) is 28.8 Å². The number of rotatable bonds is 1. The van der Waals surface area contributed by atoms with Crippen LogP contribution in [0.2, 0.25) is 5.02 Å². The fourth-order valence-electron chi connectivity index (χ4n) is 0.839. The number of hydrogen-bond donors (Lipinski definition) is 0. The smallest absolute Gasteiger partial charge is 0.0571 e. The normalized spacial score (nSPS) is 11.5. The molecule has 1 nitrogen and oxygen atoms in total. The van der Waals surface area contributed by atoms with Gasteiger partial charge in [-0.15, -0.1) is 0 Å². The molecule has 1 aromatic rings. The van der Waals surface area contributed by atoms with Crippen LogP contribution in [0.5, 0.6) is 0 Å². The molecule has 1 aromatic carbocycles. The monoisotopic (exact) mass is 218 g/mol. The van der Waals surface area contributed by atoms with Crippen LogP contribution < -0.4 is 0 Å². The Labute approximate surface area is 87.6 Å². The van der Waals surface area contributed by atoms with E-state index in [1.54, 1.807) is 12.3 Å². The number of hydrogen-bond acceptors (Lipinski definition) is 1. The van der Waals surface area contributed by atoms with Crippen molar-refractivity contribution in [3.63, 3.8) is 0 Å². The van der Waals surface area contributed by atoms with Gasteiger partial charge in [0.25, 0.3) is 0 Å². The van der Waals surface area contributed by atoms with Crippen molar-refractivity contribution in [2.75, 3.05) is 6.26 Å². The van der Waals surface area contributed by atoms with Crippen LogP contribution in [0.1, 0.15) is 19.4 Å². The third kappa shape index (κ3) is 3.92. The third-order valence-electron chi connectivity index (χ3n) is 1.40. The lowest BCUT2D eigenvalue weighted by Crippen LogP contribution is -1.88. The van der Waals surface area contributed by atoms with Gasteiger partial charge in [0.05, 0.1) is 20.7 Å². The minimum Gasteiger partial charge on any atom is -0.255 e. The summed E-state index contributed by atoms with van der Waals surface area (Å²) in [5, 5.41) is 0.589. The van der Waals surface area contributed by atoms with Gasteiger partial charge in [-0.25, -0.2) is 0 Å². The molecule has 13 heavy (non-hydrogen) atoms. The predicted molar refractivity (Wildman–Crippen MR) is 59.9 cm³/mol. The summed E-state index contributed by atoms with van der Waals surface area (Å²) in [7, 11) is -0.981. The summed E-state index contributed by atoms with van der Waals surface area (Å²) in [5.41, 5.74) is 1.09. The van der Waals surface area contributed by atoms with Crippen LogP contribution in [-0.4, -0.2) is 10.5 Å². The molecule has 0 aliphatic rings. The Kier molecular flexibility index (Phi) is 6.00. The number of benzene rings is 1. The molecule has 0 fully saturated rings.